The van der Waals surface area contributed by atoms with Gasteiger partial charge in [-0.3, -0.25) is 4.79 Å². The van der Waals surface area contributed by atoms with Gasteiger partial charge in [0.2, 0.25) is 5.91 Å². The summed E-state index contributed by atoms with van der Waals surface area (Å²) in [5.41, 5.74) is 5.69. The molecule has 1 aliphatic rings. The van der Waals surface area contributed by atoms with Crippen LogP contribution in [0.4, 0.5) is 0 Å². The maximum Gasteiger partial charge on any atom is 0.228 e. The van der Waals surface area contributed by atoms with Gasteiger partial charge in [0.1, 0.15) is 0 Å². The van der Waals surface area contributed by atoms with E-state index >= 15 is 0 Å². The van der Waals surface area contributed by atoms with Gasteiger partial charge in [-0.05, 0) is 32.1 Å². The van der Waals surface area contributed by atoms with Gasteiger partial charge in [-0.15, -0.1) is 0 Å². The van der Waals surface area contributed by atoms with Crippen molar-refractivity contribution in [1.29, 1.82) is 0 Å². The summed E-state index contributed by atoms with van der Waals surface area (Å²) in [5.74, 6) is 0.895. The fraction of sp³-hybridized carbons (Fsp3) is 0.923. The van der Waals surface area contributed by atoms with E-state index in [-0.39, 0.29) is 11.5 Å². The molecule has 0 bridgehead atoms. The summed E-state index contributed by atoms with van der Waals surface area (Å²) in [7, 11) is 0. The first-order chi connectivity index (χ1) is 7.38. The van der Waals surface area contributed by atoms with E-state index in [1.807, 2.05) is 18.7 Å². The Labute approximate surface area is 99.4 Å². The third kappa shape index (κ3) is 2.97. The van der Waals surface area contributed by atoms with Gasteiger partial charge >= 0.3 is 0 Å². The van der Waals surface area contributed by atoms with E-state index in [4.69, 9.17) is 5.73 Å². The van der Waals surface area contributed by atoms with Gasteiger partial charge < -0.3 is 10.6 Å². The second kappa shape index (κ2) is 5.17. The number of carbonyl (C=O) groups excluding carboxylic acids is 1. The average molecular weight is 226 g/mol. The molecule has 1 saturated heterocycles. The molecule has 0 aromatic rings. The Hall–Kier alpha value is -0.570. The molecule has 0 aliphatic carbocycles. The molecule has 3 heteroatoms. The number of hydrogen-bond donors (Lipinski definition) is 1. The predicted octanol–water partition coefficient (Wildman–Crippen LogP) is 2.01. The maximum absolute atomic E-state index is 12.2. The average Bonchev–Trinajstić information content (AvgIpc) is 2.28. The van der Waals surface area contributed by atoms with Gasteiger partial charge in [0.15, 0.2) is 0 Å². The molecule has 1 aliphatic heterocycles. The highest BCUT2D eigenvalue weighted by Crippen LogP contribution is 2.27. The second-order valence-electron chi connectivity index (χ2n) is 5.73. The first-order valence-corrected chi connectivity index (χ1v) is 6.43. The van der Waals surface area contributed by atoms with Crippen LogP contribution in [0.5, 0.6) is 0 Å². The smallest absolute Gasteiger partial charge is 0.228 e. The minimum absolute atomic E-state index is 0.207. The first kappa shape index (κ1) is 13.5. The lowest BCUT2D eigenvalue weighted by atomic mass is 9.85. The van der Waals surface area contributed by atoms with Gasteiger partial charge in [-0.2, -0.15) is 0 Å². The predicted molar refractivity (Wildman–Crippen MR) is 67.0 cm³/mol. The highest BCUT2D eigenvalue weighted by atomic mass is 16.2. The van der Waals surface area contributed by atoms with Crippen molar-refractivity contribution >= 4 is 5.91 Å². The summed E-state index contributed by atoms with van der Waals surface area (Å²) >= 11 is 0. The van der Waals surface area contributed by atoms with Crippen LogP contribution in [0.15, 0.2) is 0 Å². The molecule has 0 radical (unpaired) electrons. The van der Waals surface area contributed by atoms with Crippen LogP contribution in [-0.2, 0) is 4.79 Å². The van der Waals surface area contributed by atoms with Crippen LogP contribution in [-0.4, -0.2) is 29.9 Å². The second-order valence-corrected chi connectivity index (χ2v) is 5.73. The Kier molecular flexibility index (Phi) is 4.36. The SMILES string of the molecule is CCC(C)(C)C(=O)N1CCC(C(C)N)CC1. The van der Waals surface area contributed by atoms with Gasteiger partial charge in [0.25, 0.3) is 0 Å². The van der Waals surface area contributed by atoms with E-state index in [0.29, 0.717) is 11.8 Å². The highest BCUT2D eigenvalue weighted by Gasteiger charge is 2.32. The number of carbonyl (C=O) groups is 1. The third-order valence-corrected chi connectivity index (χ3v) is 4.03. The fourth-order valence-corrected chi connectivity index (χ4v) is 2.21. The molecule has 94 valence electrons. The van der Waals surface area contributed by atoms with E-state index in [9.17, 15) is 4.79 Å². The molecule has 0 aromatic heterocycles. The number of piperidine rings is 1. The molecule has 0 spiro atoms. The van der Waals surface area contributed by atoms with Crippen LogP contribution in [0.2, 0.25) is 0 Å². The maximum atomic E-state index is 12.2. The Balaban J connectivity index is 2.51. The highest BCUT2D eigenvalue weighted by molar-refractivity contribution is 5.81. The Bertz CT molecular complexity index is 240. The molecule has 1 heterocycles. The zero-order valence-corrected chi connectivity index (χ0v) is 11.1. The standard InChI is InChI=1S/C13H26N2O/c1-5-13(3,4)12(16)15-8-6-11(7-9-15)10(2)14/h10-11H,5-9,14H2,1-4H3. The largest absolute Gasteiger partial charge is 0.342 e. The lowest BCUT2D eigenvalue weighted by Crippen LogP contribution is -2.47. The summed E-state index contributed by atoms with van der Waals surface area (Å²) in [5, 5.41) is 0. The van der Waals surface area contributed by atoms with Gasteiger partial charge in [0, 0.05) is 24.5 Å². The van der Waals surface area contributed by atoms with Gasteiger partial charge in [-0.1, -0.05) is 20.8 Å². The number of nitrogens with zero attached hydrogens (tertiary/aromatic N) is 1. The van der Waals surface area contributed by atoms with Crippen LogP contribution in [0.3, 0.4) is 0 Å². The Morgan fingerprint density at radius 1 is 1.44 bits per heavy atom. The van der Waals surface area contributed by atoms with E-state index in [1.165, 1.54) is 0 Å². The molecule has 0 saturated carbocycles. The van der Waals surface area contributed by atoms with Crippen molar-refractivity contribution in [2.24, 2.45) is 17.1 Å². The number of hydrogen-bond acceptors (Lipinski definition) is 2. The van der Waals surface area contributed by atoms with Crippen molar-refractivity contribution in [3.63, 3.8) is 0 Å². The van der Waals surface area contributed by atoms with E-state index in [0.717, 1.165) is 32.4 Å². The Morgan fingerprint density at radius 3 is 2.31 bits per heavy atom. The van der Waals surface area contributed by atoms with Crippen LogP contribution < -0.4 is 5.73 Å². The van der Waals surface area contributed by atoms with Gasteiger partial charge in [-0.25, -0.2) is 0 Å². The zero-order chi connectivity index (χ0) is 12.3. The van der Waals surface area contributed by atoms with Crippen molar-refractivity contribution < 1.29 is 4.79 Å². The topological polar surface area (TPSA) is 46.3 Å². The molecular weight excluding hydrogens is 200 g/mol. The summed E-state index contributed by atoms with van der Waals surface area (Å²) in [6.07, 6.45) is 3.02. The molecule has 1 fully saturated rings. The lowest BCUT2D eigenvalue weighted by Gasteiger charge is -2.37. The summed E-state index contributed by atoms with van der Waals surface area (Å²) < 4.78 is 0. The molecule has 0 aromatic carbocycles. The van der Waals surface area contributed by atoms with Crippen molar-refractivity contribution in [3.05, 3.63) is 0 Å². The lowest BCUT2D eigenvalue weighted by molar-refractivity contribution is -0.142. The van der Waals surface area contributed by atoms with Crippen molar-refractivity contribution in [1.82, 2.24) is 4.90 Å². The number of rotatable bonds is 3. The number of likely N-dealkylation sites (tertiary alicyclic amines) is 1. The van der Waals surface area contributed by atoms with E-state index in [2.05, 4.69) is 13.8 Å². The monoisotopic (exact) mass is 226 g/mol. The molecule has 1 atom stereocenters. The van der Waals surface area contributed by atoms with E-state index < -0.39 is 0 Å². The van der Waals surface area contributed by atoms with Crippen LogP contribution in [0, 0.1) is 11.3 Å². The van der Waals surface area contributed by atoms with E-state index in [1.54, 1.807) is 0 Å². The van der Waals surface area contributed by atoms with Crippen LogP contribution in [0.25, 0.3) is 0 Å². The number of nitrogens with two attached hydrogens (primary N) is 1. The van der Waals surface area contributed by atoms with Crippen LogP contribution >= 0.6 is 0 Å². The quantitative estimate of drug-likeness (QED) is 0.800. The molecule has 2 N–H and O–H groups in total. The third-order valence-electron chi connectivity index (χ3n) is 4.03. The van der Waals surface area contributed by atoms with Crippen molar-refractivity contribution in [2.45, 2.75) is 53.0 Å². The van der Waals surface area contributed by atoms with Crippen molar-refractivity contribution in [3.8, 4) is 0 Å². The summed E-state index contributed by atoms with van der Waals surface area (Å²) in [6, 6.07) is 0.261. The molecule has 16 heavy (non-hydrogen) atoms. The minimum atomic E-state index is -0.207. The normalized spacial score (nSPS) is 20.9. The molecule has 1 rings (SSSR count). The Morgan fingerprint density at radius 2 is 1.94 bits per heavy atom. The zero-order valence-electron chi connectivity index (χ0n) is 11.1. The number of amides is 1. The summed E-state index contributed by atoms with van der Waals surface area (Å²) in [6.45, 7) is 9.98. The van der Waals surface area contributed by atoms with Crippen LogP contribution in [0.1, 0.15) is 47.0 Å². The summed E-state index contributed by atoms with van der Waals surface area (Å²) in [4.78, 5) is 14.2. The fourth-order valence-electron chi connectivity index (χ4n) is 2.21. The molecule has 3 nitrogen and oxygen atoms in total. The van der Waals surface area contributed by atoms with Gasteiger partial charge in [0.05, 0.1) is 0 Å². The van der Waals surface area contributed by atoms with Crippen molar-refractivity contribution in [2.75, 3.05) is 13.1 Å². The molecule has 1 amide bonds. The molecule has 1 unspecified atom stereocenters. The first-order valence-electron chi connectivity index (χ1n) is 6.43. The minimum Gasteiger partial charge on any atom is -0.342 e. The molecular formula is C13H26N2O.